The van der Waals surface area contributed by atoms with Gasteiger partial charge in [-0.05, 0) is 37.0 Å². The molecule has 1 saturated heterocycles. The number of amides is 1. The number of benzene rings is 1. The molecule has 8 heteroatoms. The highest BCUT2D eigenvalue weighted by atomic mass is 35.5. The van der Waals surface area contributed by atoms with Crippen molar-refractivity contribution in [3.05, 3.63) is 28.2 Å². The monoisotopic (exact) mass is 364 g/mol. The number of nitrogens with one attached hydrogen (secondary N) is 1. The van der Waals surface area contributed by atoms with Crippen LogP contribution in [0.2, 0.25) is 10.0 Å². The van der Waals surface area contributed by atoms with Crippen LogP contribution in [-0.4, -0.2) is 38.9 Å². The number of nitrogens with zero attached hydrogens (tertiary/aromatic N) is 1. The van der Waals surface area contributed by atoms with Gasteiger partial charge in [0.05, 0.1) is 21.5 Å². The highest BCUT2D eigenvalue weighted by Gasteiger charge is 2.23. The summed E-state index contributed by atoms with van der Waals surface area (Å²) in [4.78, 5) is 13.8. The molecule has 1 N–H and O–H groups in total. The van der Waals surface area contributed by atoms with E-state index < -0.39 is 10.0 Å². The number of carbonyl (C=O) groups is 1. The second-order valence-corrected chi connectivity index (χ2v) is 8.07. The van der Waals surface area contributed by atoms with Gasteiger partial charge in [0, 0.05) is 13.1 Å². The Kier molecular flexibility index (Phi) is 5.71. The molecule has 1 amide bonds. The molecule has 1 atom stereocenters. The van der Waals surface area contributed by atoms with Gasteiger partial charge in [0.2, 0.25) is 15.9 Å². The normalized spacial score (nSPS) is 19.2. The maximum Gasteiger partial charge on any atom is 0.241 e. The Balaban J connectivity index is 2.00. The molecule has 1 aromatic rings. The van der Waals surface area contributed by atoms with E-state index in [1.165, 1.54) is 18.2 Å². The van der Waals surface area contributed by atoms with Gasteiger partial charge in [0.1, 0.15) is 0 Å². The van der Waals surface area contributed by atoms with Gasteiger partial charge in [-0.15, -0.1) is 0 Å². The third kappa shape index (κ3) is 4.35. The molecule has 22 heavy (non-hydrogen) atoms. The Morgan fingerprint density at radius 2 is 2.09 bits per heavy atom. The van der Waals surface area contributed by atoms with E-state index in [0.717, 1.165) is 12.8 Å². The number of sulfonamides is 1. The fourth-order valence-corrected chi connectivity index (χ4v) is 3.77. The molecule has 5 nitrogen and oxygen atoms in total. The summed E-state index contributed by atoms with van der Waals surface area (Å²) in [6, 6.07) is 4.02. The van der Waals surface area contributed by atoms with Crippen molar-refractivity contribution in [1.82, 2.24) is 9.62 Å². The summed E-state index contributed by atoms with van der Waals surface area (Å²) >= 11 is 11.6. The first-order valence-electron chi connectivity index (χ1n) is 7.02. The molecule has 122 valence electrons. The molecule has 1 unspecified atom stereocenters. The quantitative estimate of drug-likeness (QED) is 0.892. The molecule has 0 bridgehead atoms. The zero-order chi connectivity index (χ0) is 16.3. The molecule has 0 radical (unpaired) electrons. The minimum Gasteiger partial charge on any atom is -0.341 e. The van der Waals surface area contributed by atoms with Crippen LogP contribution in [0, 0.1) is 5.92 Å². The van der Waals surface area contributed by atoms with E-state index in [0.29, 0.717) is 19.0 Å². The SMILES string of the molecule is CC1CCCN(C(=O)CNS(=O)(=O)c2ccc(Cl)c(Cl)c2)C1. The minimum atomic E-state index is -3.79. The predicted octanol–water partition coefficient (Wildman–Crippen LogP) is 2.53. The summed E-state index contributed by atoms with van der Waals surface area (Å²) in [5, 5.41) is 0.430. The summed E-state index contributed by atoms with van der Waals surface area (Å²) in [5.74, 6) is 0.236. The zero-order valence-corrected chi connectivity index (χ0v) is 14.5. The van der Waals surface area contributed by atoms with Crippen molar-refractivity contribution in [3.63, 3.8) is 0 Å². The summed E-state index contributed by atoms with van der Waals surface area (Å²) in [6.07, 6.45) is 2.05. The Bertz CT molecular complexity index is 664. The van der Waals surface area contributed by atoms with Crippen LogP contribution >= 0.6 is 23.2 Å². The maximum atomic E-state index is 12.2. The lowest BCUT2D eigenvalue weighted by molar-refractivity contribution is -0.131. The van der Waals surface area contributed by atoms with E-state index in [1.54, 1.807) is 4.90 Å². The Morgan fingerprint density at radius 3 is 2.73 bits per heavy atom. The van der Waals surface area contributed by atoms with Gasteiger partial charge in [-0.3, -0.25) is 4.79 Å². The Labute approximate surface area is 140 Å². The summed E-state index contributed by atoms with van der Waals surface area (Å²) in [6.45, 7) is 3.18. The topological polar surface area (TPSA) is 66.5 Å². The van der Waals surface area contributed by atoms with E-state index in [1.807, 2.05) is 0 Å². The molecule has 0 aromatic heterocycles. The summed E-state index contributed by atoms with van der Waals surface area (Å²) < 4.78 is 26.6. The van der Waals surface area contributed by atoms with Crippen LogP contribution in [0.5, 0.6) is 0 Å². The average Bonchev–Trinajstić information content (AvgIpc) is 2.47. The summed E-state index contributed by atoms with van der Waals surface area (Å²) in [7, 11) is -3.79. The molecule has 0 saturated carbocycles. The number of hydrogen-bond donors (Lipinski definition) is 1. The van der Waals surface area contributed by atoms with Gasteiger partial charge in [-0.2, -0.15) is 0 Å². The lowest BCUT2D eigenvalue weighted by atomic mass is 10.0. The van der Waals surface area contributed by atoms with Crippen molar-refractivity contribution >= 4 is 39.1 Å². The van der Waals surface area contributed by atoms with Gasteiger partial charge in [0.15, 0.2) is 0 Å². The van der Waals surface area contributed by atoms with Crippen LogP contribution in [0.4, 0.5) is 0 Å². The third-order valence-corrected chi connectivity index (χ3v) is 5.76. The van der Waals surface area contributed by atoms with Gasteiger partial charge < -0.3 is 4.90 Å². The van der Waals surface area contributed by atoms with Crippen molar-refractivity contribution in [2.24, 2.45) is 5.92 Å². The van der Waals surface area contributed by atoms with E-state index in [-0.39, 0.29) is 27.4 Å². The van der Waals surface area contributed by atoms with E-state index in [2.05, 4.69) is 11.6 Å². The van der Waals surface area contributed by atoms with Crippen LogP contribution in [0.15, 0.2) is 23.1 Å². The average molecular weight is 365 g/mol. The van der Waals surface area contributed by atoms with Crippen molar-refractivity contribution in [2.75, 3.05) is 19.6 Å². The van der Waals surface area contributed by atoms with Gasteiger partial charge in [0.25, 0.3) is 0 Å². The molecule has 1 aromatic carbocycles. The van der Waals surface area contributed by atoms with Crippen molar-refractivity contribution < 1.29 is 13.2 Å². The lowest BCUT2D eigenvalue weighted by Crippen LogP contribution is -2.44. The largest absolute Gasteiger partial charge is 0.341 e. The van der Waals surface area contributed by atoms with Gasteiger partial charge in [-0.1, -0.05) is 30.1 Å². The lowest BCUT2D eigenvalue weighted by Gasteiger charge is -2.31. The number of carbonyl (C=O) groups excluding carboxylic acids is 1. The zero-order valence-electron chi connectivity index (χ0n) is 12.2. The van der Waals surface area contributed by atoms with Crippen LogP contribution < -0.4 is 4.72 Å². The van der Waals surface area contributed by atoms with Crippen LogP contribution in [0.25, 0.3) is 0 Å². The smallest absolute Gasteiger partial charge is 0.241 e. The van der Waals surface area contributed by atoms with Gasteiger partial charge >= 0.3 is 0 Å². The highest BCUT2D eigenvalue weighted by Crippen LogP contribution is 2.24. The van der Waals surface area contributed by atoms with E-state index in [4.69, 9.17) is 23.2 Å². The second-order valence-electron chi connectivity index (χ2n) is 5.49. The van der Waals surface area contributed by atoms with Crippen molar-refractivity contribution in [1.29, 1.82) is 0 Å². The Morgan fingerprint density at radius 1 is 1.36 bits per heavy atom. The molecule has 1 heterocycles. The second kappa shape index (κ2) is 7.17. The molecule has 1 aliphatic heterocycles. The van der Waals surface area contributed by atoms with Crippen molar-refractivity contribution in [2.45, 2.75) is 24.7 Å². The first-order valence-corrected chi connectivity index (χ1v) is 9.26. The van der Waals surface area contributed by atoms with Crippen LogP contribution in [0.1, 0.15) is 19.8 Å². The van der Waals surface area contributed by atoms with Crippen LogP contribution in [-0.2, 0) is 14.8 Å². The molecular formula is C14H18Cl2N2O3S. The highest BCUT2D eigenvalue weighted by molar-refractivity contribution is 7.89. The number of likely N-dealkylation sites (tertiary alicyclic amines) is 1. The molecule has 1 fully saturated rings. The molecule has 1 aliphatic rings. The standard InChI is InChI=1S/C14H18Cl2N2O3S/c1-10-3-2-6-18(9-10)14(19)8-17-22(20,21)11-4-5-12(15)13(16)7-11/h4-5,7,10,17H,2-3,6,8-9H2,1H3. The predicted molar refractivity (Wildman–Crippen MR) is 86.6 cm³/mol. The first kappa shape index (κ1) is 17.5. The molecule has 2 rings (SSSR count). The summed E-state index contributed by atoms with van der Waals surface area (Å²) in [5.41, 5.74) is 0. The number of hydrogen-bond acceptors (Lipinski definition) is 3. The first-order chi connectivity index (χ1) is 10.3. The molecular weight excluding hydrogens is 347 g/mol. The maximum absolute atomic E-state index is 12.2. The van der Waals surface area contributed by atoms with E-state index >= 15 is 0 Å². The Hall–Kier alpha value is -0.820. The van der Waals surface area contributed by atoms with Crippen molar-refractivity contribution in [3.8, 4) is 0 Å². The molecule has 0 spiro atoms. The fraction of sp³-hybridized carbons (Fsp3) is 0.500. The number of halogens is 2. The van der Waals surface area contributed by atoms with E-state index in [9.17, 15) is 13.2 Å². The molecule has 0 aliphatic carbocycles. The minimum absolute atomic E-state index is 0.0123. The van der Waals surface area contributed by atoms with Crippen LogP contribution in [0.3, 0.4) is 0 Å². The van der Waals surface area contributed by atoms with Gasteiger partial charge in [-0.25, -0.2) is 13.1 Å². The number of rotatable bonds is 4. The fourth-order valence-electron chi connectivity index (χ4n) is 2.41. The third-order valence-electron chi connectivity index (χ3n) is 3.62. The number of piperidine rings is 1.